The van der Waals surface area contributed by atoms with Crippen molar-refractivity contribution in [3.63, 3.8) is 0 Å². The monoisotopic (exact) mass is 330 g/mol. The van der Waals surface area contributed by atoms with Gasteiger partial charge in [-0.2, -0.15) is 5.10 Å². The number of ether oxygens (including phenoxy) is 2. The molecule has 2 heterocycles. The fourth-order valence-electron chi connectivity index (χ4n) is 2.49. The number of benzene rings is 1. The maximum Gasteiger partial charge on any atom is 0.234 e. The molecule has 0 saturated heterocycles. The zero-order valence-electron chi connectivity index (χ0n) is 13.9. The van der Waals surface area contributed by atoms with Crippen LogP contribution in [0, 0.1) is 6.92 Å². The predicted octanol–water partition coefficient (Wildman–Crippen LogP) is 1.21. The van der Waals surface area contributed by atoms with E-state index in [4.69, 9.17) is 9.47 Å². The van der Waals surface area contributed by atoms with Crippen LogP contribution in [0.1, 0.15) is 18.1 Å². The van der Waals surface area contributed by atoms with E-state index in [1.54, 1.807) is 0 Å². The van der Waals surface area contributed by atoms with Gasteiger partial charge in [0.15, 0.2) is 11.5 Å². The van der Waals surface area contributed by atoms with Gasteiger partial charge in [0.2, 0.25) is 12.7 Å². The van der Waals surface area contributed by atoms with Crippen LogP contribution in [0.25, 0.3) is 0 Å². The standard InChI is InChI=1S/C17H22N4O3/c1-12-6-20-21(9-12)10-13(2)18-8-17(22)19-7-14-3-4-15-16(5-14)24-11-23-15/h3-6,9,13,18H,7-8,10-11H2,1-2H3,(H,19,22). The first kappa shape index (κ1) is 16.3. The summed E-state index contributed by atoms with van der Waals surface area (Å²) < 4.78 is 12.5. The molecule has 24 heavy (non-hydrogen) atoms. The van der Waals surface area contributed by atoms with Crippen LogP contribution in [-0.4, -0.2) is 35.1 Å². The molecule has 0 aliphatic carbocycles. The molecule has 0 saturated carbocycles. The lowest BCUT2D eigenvalue weighted by atomic mass is 10.2. The van der Waals surface area contributed by atoms with Crippen LogP contribution in [0.5, 0.6) is 11.5 Å². The van der Waals surface area contributed by atoms with Crippen molar-refractivity contribution in [2.45, 2.75) is 33.0 Å². The fraction of sp³-hybridized carbons (Fsp3) is 0.412. The summed E-state index contributed by atoms with van der Waals surface area (Å²) in [6.07, 6.45) is 3.81. The Morgan fingerprint density at radius 2 is 2.21 bits per heavy atom. The van der Waals surface area contributed by atoms with Gasteiger partial charge in [-0.15, -0.1) is 0 Å². The summed E-state index contributed by atoms with van der Waals surface area (Å²) in [6.45, 7) is 5.75. The smallest absolute Gasteiger partial charge is 0.234 e. The summed E-state index contributed by atoms with van der Waals surface area (Å²) in [6, 6.07) is 5.82. The van der Waals surface area contributed by atoms with Crippen molar-refractivity contribution in [3.05, 3.63) is 41.7 Å². The molecule has 3 rings (SSSR count). The Labute approximate surface area is 140 Å². The van der Waals surface area contributed by atoms with Crippen LogP contribution in [0.2, 0.25) is 0 Å². The number of rotatable bonds is 7. The number of hydrogen-bond donors (Lipinski definition) is 2. The number of fused-ring (bicyclic) bond motifs is 1. The van der Waals surface area contributed by atoms with Gasteiger partial charge in [0.1, 0.15) is 0 Å². The van der Waals surface area contributed by atoms with Crippen LogP contribution in [0.3, 0.4) is 0 Å². The Balaban J connectivity index is 1.39. The minimum atomic E-state index is -0.0452. The van der Waals surface area contributed by atoms with Crippen molar-refractivity contribution >= 4 is 5.91 Å². The van der Waals surface area contributed by atoms with Crippen molar-refractivity contribution < 1.29 is 14.3 Å². The van der Waals surface area contributed by atoms with E-state index in [0.29, 0.717) is 6.54 Å². The average molecular weight is 330 g/mol. The SMILES string of the molecule is Cc1cnn(CC(C)NCC(=O)NCc2ccc3c(c2)OCO3)c1. The highest BCUT2D eigenvalue weighted by molar-refractivity contribution is 5.78. The van der Waals surface area contributed by atoms with Crippen molar-refractivity contribution in [2.75, 3.05) is 13.3 Å². The number of amides is 1. The van der Waals surface area contributed by atoms with Gasteiger partial charge in [-0.3, -0.25) is 9.48 Å². The van der Waals surface area contributed by atoms with Gasteiger partial charge in [-0.05, 0) is 37.1 Å². The summed E-state index contributed by atoms with van der Waals surface area (Å²) >= 11 is 0. The first-order valence-electron chi connectivity index (χ1n) is 7.98. The average Bonchev–Trinajstić information content (AvgIpc) is 3.19. The molecule has 1 aromatic heterocycles. The van der Waals surface area contributed by atoms with Crippen molar-refractivity contribution in [2.24, 2.45) is 0 Å². The van der Waals surface area contributed by atoms with E-state index < -0.39 is 0 Å². The summed E-state index contributed by atoms with van der Waals surface area (Å²) in [5.41, 5.74) is 2.11. The third kappa shape index (κ3) is 4.26. The molecular formula is C17H22N4O3. The summed E-state index contributed by atoms with van der Waals surface area (Å²) in [7, 11) is 0. The van der Waals surface area contributed by atoms with Gasteiger partial charge in [0.25, 0.3) is 0 Å². The first-order valence-corrected chi connectivity index (χ1v) is 7.98. The largest absolute Gasteiger partial charge is 0.454 e. The lowest BCUT2D eigenvalue weighted by Crippen LogP contribution is -2.39. The Hall–Kier alpha value is -2.54. The van der Waals surface area contributed by atoms with Crippen LogP contribution >= 0.6 is 0 Å². The van der Waals surface area contributed by atoms with Gasteiger partial charge in [-0.25, -0.2) is 0 Å². The molecule has 1 aliphatic heterocycles. The second kappa shape index (κ2) is 7.35. The molecule has 7 heteroatoms. The third-order valence-corrected chi connectivity index (χ3v) is 3.76. The number of carbonyl (C=O) groups excluding carboxylic acids is 1. The molecule has 0 spiro atoms. The Bertz CT molecular complexity index is 714. The van der Waals surface area contributed by atoms with Gasteiger partial charge in [0.05, 0.1) is 19.3 Å². The molecule has 0 bridgehead atoms. The van der Waals surface area contributed by atoms with E-state index in [1.165, 1.54) is 0 Å². The summed E-state index contributed by atoms with van der Waals surface area (Å²) in [5, 5.41) is 10.3. The second-order valence-corrected chi connectivity index (χ2v) is 5.99. The highest BCUT2D eigenvalue weighted by Gasteiger charge is 2.13. The molecule has 7 nitrogen and oxygen atoms in total. The fourth-order valence-corrected chi connectivity index (χ4v) is 2.49. The first-order chi connectivity index (χ1) is 11.6. The lowest BCUT2D eigenvalue weighted by molar-refractivity contribution is -0.120. The molecule has 0 fully saturated rings. The summed E-state index contributed by atoms with van der Waals surface area (Å²) in [5.74, 6) is 1.42. The Morgan fingerprint density at radius 1 is 1.38 bits per heavy atom. The van der Waals surface area contributed by atoms with E-state index in [1.807, 2.05) is 49.1 Å². The number of aryl methyl sites for hydroxylation is 1. The van der Waals surface area contributed by atoms with E-state index in [9.17, 15) is 4.79 Å². The number of carbonyl (C=O) groups is 1. The van der Waals surface area contributed by atoms with Crippen molar-refractivity contribution in [3.8, 4) is 11.5 Å². The highest BCUT2D eigenvalue weighted by atomic mass is 16.7. The van der Waals surface area contributed by atoms with Gasteiger partial charge >= 0.3 is 0 Å². The highest BCUT2D eigenvalue weighted by Crippen LogP contribution is 2.32. The van der Waals surface area contributed by atoms with Gasteiger partial charge in [-0.1, -0.05) is 6.07 Å². The van der Waals surface area contributed by atoms with E-state index in [2.05, 4.69) is 15.7 Å². The van der Waals surface area contributed by atoms with E-state index >= 15 is 0 Å². The molecule has 2 N–H and O–H groups in total. The number of aromatic nitrogens is 2. The number of hydrogen-bond acceptors (Lipinski definition) is 5. The molecule has 1 unspecified atom stereocenters. The van der Waals surface area contributed by atoms with E-state index in [-0.39, 0.29) is 25.3 Å². The molecule has 2 aromatic rings. The normalized spacial score (nSPS) is 13.8. The maximum absolute atomic E-state index is 12.0. The molecule has 1 amide bonds. The predicted molar refractivity (Wildman–Crippen MR) is 88.8 cm³/mol. The van der Waals surface area contributed by atoms with Crippen LogP contribution in [-0.2, 0) is 17.9 Å². The Morgan fingerprint density at radius 3 is 3.00 bits per heavy atom. The molecular weight excluding hydrogens is 308 g/mol. The van der Waals surface area contributed by atoms with Crippen molar-refractivity contribution in [1.82, 2.24) is 20.4 Å². The van der Waals surface area contributed by atoms with Gasteiger partial charge < -0.3 is 20.1 Å². The topological polar surface area (TPSA) is 77.4 Å². The van der Waals surface area contributed by atoms with Crippen LogP contribution in [0.15, 0.2) is 30.6 Å². The molecule has 0 radical (unpaired) electrons. The molecule has 1 aromatic carbocycles. The second-order valence-electron chi connectivity index (χ2n) is 5.99. The van der Waals surface area contributed by atoms with Crippen LogP contribution in [0.4, 0.5) is 0 Å². The summed E-state index contributed by atoms with van der Waals surface area (Å²) in [4.78, 5) is 12.0. The third-order valence-electron chi connectivity index (χ3n) is 3.76. The van der Waals surface area contributed by atoms with E-state index in [0.717, 1.165) is 29.2 Å². The lowest BCUT2D eigenvalue weighted by Gasteiger charge is -2.14. The molecule has 1 aliphatic rings. The van der Waals surface area contributed by atoms with Crippen LogP contribution < -0.4 is 20.1 Å². The quantitative estimate of drug-likeness (QED) is 0.798. The van der Waals surface area contributed by atoms with Crippen molar-refractivity contribution in [1.29, 1.82) is 0 Å². The molecule has 128 valence electrons. The zero-order valence-corrected chi connectivity index (χ0v) is 13.9. The maximum atomic E-state index is 12.0. The minimum absolute atomic E-state index is 0.0452. The zero-order chi connectivity index (χ0) is 16.9. The number of nitrogens with zero attached hydrogens (tertiary/aromatic N) is 2. The number of nitrogens with one attached hydrogen (secondary N) is 2. The van der Waals surface area contributed by atoms with Gasteiger partial charge in [0, 0.05) is 18.8 Å². The Kier molecular flexibility index (Phi) is 5.00. The minimum Gasteiger partial charge on any atom is -0.454 e. The molecule has 1 atom stereocenters.